The van der Waals surface area contributed by atoms with E-state index >= 15 is 0 Å². The maximum absolute atomic E-state index is 13.1. The van der Waals surface area contributed by atoms with Crippen LogP contribution in [0.15, 0.2) is 114 Å². The summed E-state index contributed by atoms with van der Waals surface area (Å²) in [5, 5.41) is 5.38. The molecule has 0 spiro atoms. The van der Waals surface area contributed by atoms with E-state index in [-0.39, 0.29) is 16.6 Å². The van der Waals surface area contributed by atoms with E-state index in [1.54, 1.807) is 72.8 Å². The number of imide groups is 1. The molecule has 0 radical (unpaired) electrons. The molecule has 204 valence electrons. The van der Waals surface area contributed by atoms with Crippen LogP contribution in [0.3, 0.4) is 0 Å². The Kier molecular flexibility index (Phi) is 7.80. The molecule has 3 amide bonds. The zero-order valence-electron chi connectivity index (χ0n) is 21.6. The highest BCUT2D eigenvalue weighted by molar-refractivity contribution is 6.53. The second-order valence-electron chi connectivity index (χ2n) is 8.77. The number of esters is 1. The van der Waals surface area contributed by atoms with Gasteiger partial charge in [0, 0.05) is 16.9 Å². The summed E-state index contributed by atoms with van der Waals surface area (Å²) in [7, 11) is 1.29. The van der Waals surface area contributed by atoms with Crippen LogP contribution in [-0.4, -0.2) is 30.8 Å². The molecule has 10 heteroatoms. The van der Waals surface area contributed by atoms with Crippen LogP contribution >= 0.6 is 11.6 Å². The molecule has 0 saturated carbocycles. The number of hydrogen-bond acceptors (Lipinski definition) is 7. The highest BCUT2D eigenvalue weighted by atomic mass is 35.5. The number of carbonyl (C=O) groups is 4. The van der Waals surface area contributed by atoms with Crippen molar-refractivity contribution in [3.8, 4) is 11.5 Å². The number of rotatable bonds is 8. The minimum Gasteiger partial charge on any atom is -0.465 e. The van der Waals surface area contributed by atoms with Gasteiger partial charge in [0.05, 0.1) is 18.4 Å². The van der Waals surface area contributed by atoms with Gasteiger partial charge in [0.1, 0.15) is 22.2 Å². The van der Waals surface area contributed by atoms with Crippen LogP contribution in [0, 0.1) is 0 Å². The third-order valence-electron chi connectivity index (χ3n) is 6.08. The SMILES string of the molecule is COC(=O)c1ccc(NC(=O)c2ccc(NC3=C(Cl)C(=O)N(c4ccc(Oc5ccccc5)cc4)C3=O)cc2)cc1. The number of para-hydroxylation sites is 1. The third kappa shape index (κ3) is 5.95. The van der Waals surface area contributed by atoms with Gasteiger partial charge in [0.15, 0.2) is 0 Å². The molecule has 9 nitrogen and oxygen atoms in total. The number of carbonyl (C=O) groups excluding carboxylic acids is 4. The number of hydrogen-bond donors (Lipinski definition) is 2. The summed E-state index contributed by atoms with van der Waals surface area (Å²) in [5.41, 5.74) is 1.91. The lowest BCUT2D eigenvalue weighted by Crippen LogP contribution is -2.32. The van der Waals surface area contributed by atoms with Gasteiger partial charge in [-0.2, -0.15) is 0 Å². The highest BCUT2D eigenvalue weighted by Gasteiger charge is 2.39. The fraction of sp³-hybridized carbons (Fsp3) is 0.0323. The van der Waals surface area contributed by atoms with Crippen LogP contribution in [0.4, 0.5) is 17.1 Å². The number of nitrogens with zero attached hydrogens (tertiary/aromatic N) is 1. The molecule has 4 aromatic rings. The zero-order valence-corrected chi connectivity index (χ0v) is 22.3. The van der Waals surface area contributed by atoms with Gasteiger partial charge in [-0.15, -0.1) is 0 Å². The standard InChI is InChI=1S/C31H22ClN3O6/c1-40-31(39)20-9-13-22(14-10-20)34-28(36)19-7-11-21(12-8-19)33-27-26(32)29(37)35(30(27)38)23-15-17-25(18-16-23)41-24-5-3-2-4-6-24/h2-18,33H,1H3,(H,34,36). The van der Waals surface area contributed by atoms with Crippen molar-refractivity contribution < 1.29 is 28.7 Å². The van der Waals surface area contributed by atoms with Crippen molar-refractivity contribution in [1.82, 2.24) is 0 Å². The van der Waals surface area contributed by atoms with Crippen LogP contribution in [0.25, 0.3) is 0 Å². The highest BCUT2D eigenvalue weighted by Crippen LogP contribution is 2.32. The number of halogens is 1. The van der Waals surface area contributed by atoms with E-state index in [1.165, 1.54) is 7.11 Å². The van der Waals surface area contributed by atoms with Crippen molar-refractivity contribution in [3.05, 3.63) is 125 Å². The van der Waals surface area contributed by atoms with E-state index in [2.05, 4.69) is 15.4 Å². The summed E-state index contributed by atoms with van der Waals surface area (Å²) >= 11 is 6.26. The second kappa shape index (κ2) is 11.8. The molecule has 0 aromatic heterocycles. The van der Waals surface area contributed by atoms with Crippen LogP contribution in [0.1, 0.15) is 20.7 Å². The quantitative estimate of drug-likeness (QED) is 0.200. The average Bonchev–Trinajstić information content (AvgIpc) is 3.21. The van der Waals surface area contributed by atoms with Crippen molar-refractivity contribution >= 4 is 52.4 Å². The first kappa shape index (κ1) is 27.2. The molecule has 1 heterocycles. The lowest BCUT2D eigenvalue weighted by molar-refractivity contribution is -0.120. The molecule has 5 rings (SSSR count). The minimum atomic E-state index is -0.662. The number of amides is 3. The summed E-state index contributed by atoms with van der Waals surface area (Å²) in [6.07, 6.45) is 0. The van der Waals surface area contributed by atoms with Gasteiger partial charge in [-0.3, -0.25) is 14.4 Å². The van der Waals surface area contributed by atoms with Crippen molar-refractivity contribution in [1.29, 1.82) is 0 Å². The number of anilines is 3. The minimum absolute atomic E-state index is 0.0795. The number of benzene rings is 4. The Hall–Kier alpha value is -5.41. The maximum atomic E-state index is 13.1. The van der Waals surface area contributed by atoms with E-state index in [9.17, 15) is 19.2 Å². The van der Waals surface area contributed by atoms with Gasteiger partial charge in [-0.1, -0.05) is 29.8 Å². The van der Waals surface area contributed by atoms with Gasteiger partial charge in [0.2, 0.25) is 0 Å². The van der Waals surface area contributed by atoms with E-state index in [0.717, 1.165) is 4.90 Å². The first-order valence-corrected chi connectivity index (χ1v) is 12.7. The normalized spacial score (nSPS) is 12.8. The topological polar surface area (TPSA) is 114 Å². The molecule has 0 atom stereocenters. The molecule has 1 aliphatic heterocycles. The molecule has 0 fully saturated rings. The summed E-state index contributed by atoms with van der Waals surface area (Å²) in [6, 6.07) is 28.3. The van der Waals surface area contributed by atoms with Gasteiger partial charge >= 0.3 is 5.97 Å². The Balaban J connectivity index is 1.23. The van der Waals surface area contributed by atoms with Crippen LogP contribution < -0.4 is 20.3 Å². The second-order valence-corrected chi connectivity index (χ2v) is 9.15. The number of nitrogens with one attached hydrogen (secondary N) is 2. The Morgan fingerprint density at radius 1 is 0.707 bits per heavy atom. The number of methoxy groups -OCH3 is 1. The molecule has 0 bridgehead atoms. The zero-order chi connectivity index (χ0) is 28.9. The van der Waals surface area contributed by atoms with Gasteiger partial charge < -0.3 is 20.1 Å². The first-order chi connectivity index (χ1) is 19.8. The monoisotopic (exact) mass is 567 g/mol. The predicted molar refractivity (Wildman–Crippen MR) is 154 cm³/mol. The van der Waals surface area contributed by atoms with Crippen LogP contribution in [0.5, 0.6) is 11.5 Å². The number of ether oxygens (including phenoxy) is 2. The molecule has 2 N–H and O–H groups in total. The van der Waals surface area contributed by atoms with E-state index in [0.29, 0.717) is 39.7 Å². The summed E-state index contributed by atoms with van der Waals surface area (Å²) in [5.74, 6) is -0.934. The lowest BCUT2D eigenvalue weighted by Gasteiger charge is -2.16. The Bertz CT molecular complexity index is 1650. The molecule has 1 aliphatic rings. The van der Waals surface area contributed by atoms with Crippen molar-refractivity contribution in [3.63, 3.8) is 0 Å². The molecule has 0 aliphatic carbocycles. The summed E-state index contributed by atoms with van der Waals surface area (Å²) in [4.78, 5) is 51.2. The fourth-order valence-electron chi connectivity index (χ4n) is 3.99. The smallest absolute Gasteiger partial charge is 0.337 e. The predicted octanol–water partition coefficient (Wildman–Crippen LogP) is 5.95. The summed E-state index contributed by atoms with van der Waals surface area (Å²) < 4.78 is 10.4. The van der Waals surface area contributed by atoms with Crippen molar-refractivity contribution in [2.75, 3.05) is 22.6 Å². The van der Waals surface area contributed by atoms with E-state index < -0.39 is 17.8 Å². The average molecular weight is 568 g/mol. The molecular formula is C31H22ClN3O6. The van der Waals surface area contributed by atoms with Gasteiger partial charge in [-0.25, -0.2) is 9.69 Å². The van der Waals surface area contributed by atoms with E-state index in [4.69, 9.17) is 16.3 Å². The van der Waals surface area contributed by atoms with Gasteiger partial charge in [-0.05, 0) is 84.9 Å². The Morgan fingerprint density at radius 3 is 1.93 bits per heavy atom. The Labute approximate surface area is 239 Å². The fourth-order valence-corrected chi connectivity index (χ4v) is 4.21. The molecule has 41 heavy (non-hydrogen) atoms. The molecule has 0 unspecified atom stereocenters. The maximum Gasteiger partial charge on any atom is 0.337 e. The molecular weight excluding hydrogens is 546 g/mol. The van der Waals surface area contributed by atoms with E-state index in [1.807, 2.05) is 30.3 Å². The lowest BCUT2D eigenvalue weighted by atomic mass is 10.1. The van der Waals surface area contributed by atoms with Crippen LogP contribution in [0.2, 0.25) is 0 Å². The summed E-state index contributed by atoms with van der Waals surface area (Å²) in [6.45, 7) is 0. The third-order valence-corrected chi connectivity index (χ3v) is 6.43. The molecule has 4 aromatic carbocycles. The first-order valence-electron chi connectivity index (χ1n) is 12.3. The van der Waals surface area contributed by atoms with Crippen molar-refractivity contribution in [2.24, 2.45) is 0 Å². The van der Waals surface area contributed by atoms with Gasteiger partial charge in [0.25, 0.3) is 17.7 Å². The van der Waals surface area contributed by atoms with Crippen LogP contribution in [-0.2, 0) is 14.3 Å². The Morgan fingerprint density at radius 2 is 1.29 bits per heavy atom. The van der Waals surface area contributed by atoms with Crippen molar-refractivity contribution in [2.45, 2.75) is 0 Å². The largest absolute Gasteiger partial charge is 0.465 e. The molecule has 0 saturated heterocycles.